The Balaban J connectivity index is 0.000000207. The molecule has 246 valence electrons. The van der Waals surface area contributed by atoms with Gasteiger partial charge in [0.25, 0.3) is 12.4 Å². The van der Waals surface area contributed by atoms with Gasteiger partial charge in [0, 0.05) is 46.6 Å². The third-order valence-corrected chi connectivity index (χ3v) is 9.42. The molecule has 3 aliphatic rings. The molecule has 10 heteroatoms. The Labute approximate surface area is 274 Å². The molecule has 3 aromatic carbocycles. The second-order valence-electron chi connectivity index (χ2n) is 12.4. The first-order chi connectivity index (χ1) is 22.8. The zero-order chi connectivity index (χ0) is 33.5. The molecule has 8 rings (SSSR count). The number of benzene rings is 3. The molecule has 3 unspecified atom stereocenters. The summed E-state index contributed by atoms with van der Waals surface area (Å²) in [5.41, 5.74) is 6.20. The van der Waals surface area contributed by atoms with E-state index in [2.05, 4.69) is 86.9 Å². The van der Waals surface area contributed by atoms with E-state index in [1.165, 1.54) is 27.9 Å². The quantitative estimate of drug-likeness (QED) is 0.133. The van der Waals surface area contributed by atoms with E-state index < -0.39 is 5.72 Å². The molecule has 3 aliphatic heterocycles. The van der Waals surface area contributed by atoms with Crippen LogP contribution >= 0.6 is 0 Å². The number of amides is 2. The standard InChI is InChI=1S/C26H21N3O2.C9H16N2O3.C2H6/c1-13-11-19-28-17-9-5-3-7-14(17)21-22-16(12-27-25(22)30)20-15-8-4-6-10-18(15)29(24(20)23(21)28)26(13,2)31-19;1-11(2)6-3-4-9(13)10-5-7-14-8-12;1-2/h3-10,13,19H,11-12H2,1-2H3,(H,27,30);3-4,8H,5-7H2,1-2H3,(H,10,13);1-2H3/b;4-3+;. The zero-order valence-corrected chi connectivity index (χ0v) is 27.9. The number of likely N-dealkylation sites (N-methyl/N-ethyl adjacent to an activating group) is 1. The van der Waals surface area contributed by atoms with Crippen LogP contribution in [0.4, 0.5) is 0 Å². The fourth-order valence-corrected chi connectivity index (χ4v) is 7.34. The molecule has 5 aromatic rings. The largest absolute Gasteiger partial charge is 0.466 e. The van der Waals surface area contributed by atoms with E-state index in [0.29, 0.717) is 25.5 Å². The molecular weight excluding hydrogens is 594 g/mol. The van der Waals surface area contributed by atoms with Crippen LogP contribution in [-0.4, -0.2) is 66.1 Å². The van der Waals surface area contributed by atoms with Gasteiger partial charge in [-0.3, -0.25) is 14.4 Å². The number of hydrogen-bond donors (Lipinski definition) is 2. The van der Waals surface area contributed by atoms with Crippen LogP contribution in [0.3, 0.4) is 0 Å². The molecule has 47 heavy (non-hydrogen) atoms. The van der Waals surface area contributed by atoms with Crippen LogP contribution in [0, 0.1) is 5.92 Å². The van der Waals surface area contributed by atoms with Gasteiger partial charge >= 0.3 is 0 Å². The molecular formula is C37H43N5O5. The van der Waals surface area contributed by atoms with E-state index in [0.717, 1.165) is 45.9 Å². The summed E-state index contributed by atoms with van der Waals surface area (Å²) < 4.78 is 16.1. The van der Waals surface area contributed by atoms with Crippen LogP contribution in [-0.2, 0) is 31.3 Å². The smallest absolute Gasteiger partial charge is 0.293 e. The van der Waals surface area contributed by atoms with Crippen molar-refractivity contribution in [1.82, 2.24) is 24.7 Å². The number of carbonyl (C=O) groups excluding carboxylic acids is 3. The summed E-state index contributed by atoms with van der Waals surface area (Å²) in [6, 6.07) is 17.1. The van der Waals surface area contributed by atoms with E-state index in [1.54, 1.807) is 6.08 Å². The van der Waals surface area contributed by atoms with E-state index in [1.807, 2.05) is 32.8 Å². The lowest BCUT2D eigenvalue weighted by Crippen LogP contribution is -2.34. The summed E-state index contributed by atoms with van der Waals surface area (Å²) in [6.45, 7) is 10.7. The van der Waals surface area contributed by atoms with Gasteiger partial charge in [0.15, 0.2) is 0 Å². The molecule has 1 fully saturated rings. The van der Waals surface area contributed by atoms with Gasteiger partial charge in [0.2, 0.25) is 5.91 Å². The van der Waals surface area contributed by atoms with Gasteiger partial charge in [0.1, 0.15) is 18.6 Å². The van der Waals surface area contributed by atoms with Gasteiger partial charge in [-0.1, -0.05) is 63.2 Å². The van der Waals surface area contributed by atoms with Gasteiger partial charge in [0.05, 0.1) is 34.2 Å². The average molecular weight is 638 g/mol. The average Bonchev–Trinajstić information content (AvgIpc) is 3.78. The van der Waals surface area contributed by atoms with Crippen molar-refractivity contribution in [3.63, 3.8) is 0 Å². The Bertz CT molecular complexity index is 2040. The first-order valence-corrected chi connectivity index (χ1v) is 16.4. The highest BCUT2D eigenvalue weighted by Crippen LogP contribution is 2.55. The van der Waals surface area contributed by atoms with Crippen molar-refractivity contribution >= 4 is 61.9 Å². The number of fused-ring (bicyclic) bond motifs is 13. The van der Waals surface area contributed by atoms with Crippen molar-refractivity contribution in [3.05, 3.63) is 71.8 Å². The lowest BCUT2D eigenvalue weighted by atomic mass is 9.95. The zero-order valence-electron chi connectivity index (χ0n) is 27.9. The van der Waals surface area contributed by atoms with Crippen molar-refractivity contribution in [1.29, 1.82) is 0 Å². The molecule has 1 saturated heterocycles. The molecule has 3 atom stereocenters. The molecule has 2 aromatic heterocycles. The minimum Gasteiger partial charge on any atom is -0.466 e. The van der Waals surface area contributed by atoms with Gasteiger partial charge in [-0.2, -0.15) is 0 Å². The number of hydrogen-bond acceptors (Lipinski definition) is 6. The summed E-state index contributed by atoms with van der Waals surface area (Å²) in [7, 11) is 3.83. The summed E-state index contributed by atoms with van der Waals surface area (Å²) in [5, 5.41) is 10.3. The van der Waals surface area contributed by atoms with Gasteiger partial charge in [-0.05, 0) is 45.1 Å². The lowest BCUT2D eigenvalue weighted by Gasteiger charge is -2.31. The van der Waals surface area contributed by atoms with Crippen LogP contribution in [0.25, 0.3) is 43.6 Å². The molecule has 0 aliphatic carbocycles. The summed E-state index contributed by atoms with van der Waals surface area (Å²) in [5.74, 6) is 0.210. The number of nitrogens with one attached hydrogen (secondary N) is 2. The van der Waals surface area contributed by atoms with Crippen LogP contribution in [0.5, 0.6) is 0 Å². The molecule has 0 radical (unpaired) electrons. The Morgan fingerprint density at radius 2 is 1.77 bits per heavy atom. The van der Waals surface area contributed by atoms with E-state index in [9.17, 15) is 14.4 Å². The SMILES string of the molecule is CC.CC1CC2OC1(C)n1c3ccccc3c3c4c(c5c6ccccc6n2c5c31)C(=O)NC4.CN(C)C/C=C/C(=O)NCCOC=O. The molecule has 0 saturated carbocycles. The number of carbonyl (C=O) groups is 3. The Morgan fingerprint density at radius 3 is 2.47 bits per heavy atom. The monoisotopic (exact) mass is 637 g/mol. The van der Waals surface area contributed by atoms with Crippen LogP contribution < -0.4 is 10.6 Å². The number of nitrogens with zero attached hydrogens (tertiary/aromatic N) is 3. The van der Waals surface area contributed by atoms with Gasteiger partial charge in [-0.25, -0.2) is 0 Å². The highest BCUT2D eigenvalue weighted by Gasteiger charge is 2.50. The highest BCUT2D eigenvalue weighted by molar-refractivity contribution is 6.31. The van der Waals surface area contributed by atoms with Crippen molar-refractivity contribution in [2.45, 2.75) is 52.6 Å². The van der Waals surface area contributed by atoms with Crippen LogP contribution in [0.15, 0.2) is 60.7 Å². The van der Waals surface area contributed by atoms with Crippen molar-refractivity contribution in [2.24, 2.45) is 5.92 Å². The maximum atomic E-state index is 13.1. The fourth-order valence-electron chi connectivity index (χ4n) is 7.34. The maximum absolute atomic E-state index is 13.1. The number of para-hydroxylation sites is 2. The number of aromatic nitrogens is 2. The third-order valence-electron chi connectivity index (χ3n) is 9.42. The van der Waals surface area contributed by atoms with E-state index in [4.69, 9.17) is 4.74 Å². The predicted octanol–water partition coefficient (Wildman–Crippen LogP) is 5.81. The van der Waals surface area contributed by atoms with Crippen molar-refractivity contribution in [3.8, 4) is 0 Å². The molecule has 2 N–H and O–H groups in total. The second kappa shape index (κ2) is 12.8. The van der Waals surface area contributed by atoms with Crippen LogP contribution in [0.2, 0.25) is 0 Å². The fraction of sp³-hybridized carbons (Fsp3) is 0.378. The van der Waals surface area contributed by atoms with Gasteiger partial charge < -0.3 is 34.1 Å². The summed E-state index contributed by atoms with van der Waals surface area (Å²) >= 11 is 0. The Hall–Kier alpha value is -4.67. The minimum absolute atomic E-state index is 0.0338. The second-order valence-corrected chi connectivity index (χ2v) is 12.4. The third kappa shape index (κ3) is 5.16. The molecule has 0 spiro atoms. The number of ether oxygens (including phenoxy) is 2. The summed E-state index contributed by atoms with van der Waals surface area (Å²) in [4.78, 5) is 35.9. The van der Waals surface area contributed by atoms with Gasteiger partial charge in [-0.15, -0.1) is 0 Å². The first kappa shape index (κ1) is 32.3. The van der Waals surface area contributed by atoms with Crippen molar-refractivity contribution in [2.75, 3.05) is 33.8 Å². The number of rotatable bonds is 7. The molecule has 5 heterocycles. The topological polar surface area (TPSA) is 107 Å². The Morgan fingerprint density at radius 1 is 1.09 bits per heavy atom. The summed E-state index contributed by atoms with van der Waals surface area (Å²) in [6.07, 6.45) is 4.12. The molecule has 2 bridgehead atoms. The predicted molar refractivity (Wildman–Crippen MR) is 185 cm³/mol. The molecule has 10 nitrogen and oxygen atoms in total. The lowest BCUT2D eigenvalue weighted by molar-refractivity contribution is -0.129. The molecule has 2 amide bonds. The minimum atomic E-state index is -0.441. The van der Waals surface area contributed by atoms with E-state index in [-0.39, 0.29) is 24.6 Å². The highest BCUT2D eigenvalue weighted by atomic mass is 16.5. The first-order valence-electron chi connectivity index (χ1n) is 16.4. The normalized spacial score (nSPS) is 20.7. The maximum Gasteiger partial charge on any atom is 0.293 e. The van der Waals surface area contributed by atoms with E-state index >= 15 is 0 Å². The Kier molecular flexibility index (Phi) is 8.82. The van der Waals surface area contributed by atoms with Crippen LogP contribution in [0.1, 0.15) is 56.3 Å². The van der Waals surface area contributed by atoms with Crippen molar-refractivity contribution < 1.29 is 23.9 Å².